The fourth-order valence-corrected chi connectivity index (χ4v) is 1.55. The van der Waals surface area contributed by atoms with Gasteiger partial charge >= 0.3 is 0 Å². The summed E-state index contributed by atoms with van der Waals surface area (Å²) in [4.78, 5) is 11.5. The van der Waals surface area contributed by atoms with Gasteiger partial charge in [-0.25, -0.2) is 4.39 Å². The molecule has 0 amide bonds. The van der Waals surface area contributed by atoms with Crippen LogP contribution in [0.5, 0.6) is 0 Å². The highest BCUT2D eigenvalue weighted by Crippen LogP contribution is 2.17. The molecular formula is C10H10FNO. The smallest absolute Gasteiger partial charge is 0.164 e. The second-order valence-corrected chi connectivity index (χ2v) is 3.12. The molecule has 0 saturated carbocycles. The number of rotatable bonds is 0. The second kappa shape index (κ2) is 3.26. The van der Waals surface area contributed by atoms with Crippen LogP contribution in [-0.4, -0.2) is 12.3 Å². The Morgan fingerprint density at radius 1 is 1.38 bits per heavy atom. The Labute approximate surface area is 75.8 Å². The van der Waals surface area contributed by atoms with Crippen molar-refractivity contribution in [2.75, 3.05) is 6.54 Å². The summed E-state index contributed by atoms with van der Waals surface area (Å²) in [6, 6.07) is 4.66. The Hall–Kier alpha value is -1.22. The highest BCUT2D eigenvalue weighted by molar-refractivity contribution is 5.97. The van der Waals surface area contributed by atoms with Gasteiger partial charge in [0.25, 0.3) is 0 Å². The van der Waals surface area contributed by atoms with Gasteiger partial charge in [-0.1, -0.05) is 12.1 Å². The number of Topliss-reactive ketones (excluding diaryl/α,β-unsaturated/α-hetero) is 1. The summed E-state index contributed by atoms with van der Waals surface area (Å²) < 4.78 is 13.2. The average molecular weight is 179 g/mol. The van der Waals surface area contributed by atoms with Crippen LogP contribution < -0.4 is 5.32 Å². The van der Waals surface area contributed by atoms with Gasteiger partial charge in [0, 0.05) is 30.6 Å². The van der Waals surface area contributed by atoms with Gasteiger partial charge in [-0.05, 0) is 6.07 Å². The zero-order chi connectivity index (χ0) is 9.26. The molecule has 0 spiro atoms. The van der Waals surface area contributed by atoms with Crippen LogP contribution >= 0.6 is 0 Å². The van der Waals surface area contributed by atoms with Gasteiger partial charge in [0.05, 0.1) is 0 Å². The SMILES string of the molecule is O=C1CCNCc2c(F)cccc21. The highest BCUT2D eigenvalue weighted by atomic mass is 19.1. The predicted octanol–water partition coefficient (Wildman–Crippen LogP) is 1.50. The molecule has 0 aromatic heterocycles. The number of benzene rings is 1. The molecule has 2 rings (SSSR count). The van der Waals surface area contributed by atoms with Crippen LogP contribution in [-0.2, 0) is 6.54 Å². The van der Waals surface area contributed by atoms with Crippen molar-refractivity contribution in [3.05, 3.63) is 35.1 Å². The first-order valence-electron chi connectivity index (χ1n) is 4.30. The maximum absolute atomic E-state index is 13.2. The lowest BCUT2D eigenvalue weighted by Gasteiger charge is -2.04. The number of ketones is 1. The maximum Gasteiger partial charge on any atom is 0.164 e. The van der Waals surface area contributed by atoms with Crippen molar-refractivity contribution in [2.24, 2.45) is 0 Å². The Balaban J connectivity index is 2.54. The summed E-state index contributed by atoms with van der Waals surface area (Å²) in [7, 11) is 0. The second-order valence-electron chi connectivity index (χ2n) is 3.12. The van der Waals surface area contributed by atoms with Crippen molar-refractivity contribution in [2.45, 2.75) is 13.0 Å². The number of halogens is 1. The first kappa shape index (κ1) is 8.38. The van der Waals surface area contributed by atoms with E-state index in [1.54, 1.807) is 12.1 Å². The van der Waals surface area contributed by atoms with Gasteiger partial charge in [0.15, 0.2) is 5.78 Å². The number of carbonyl (C=O) groups is 1. The Morgan fingerprint density at radius 3 is 3.08 bits per heavy atom. The third kappa shape index (κ3) is 1.47. The number of carbonyl (C=O) groups excluding carboxylic acids is 1. The number of hydrogen-bond acceptors (Lipinski definition) is 2. The largest absolute Gasteiger partial charge is 0.312 e. The van der Waals surface area contributed by atoms with E-state index in [-0.39, 0.29) is 11.6 Å². The molecule has 0 radical (unpaired) electrons. The zero-order valence-corrected chi connectivity index (χ0v) is 7.14. The van der Waals surface area contributed by atoms with Crippen LogP contribution in [0.3, 0.4) is 0 Å². The standard InChI is InChI=1S/C10H10FNO/c11-9-3-1-2-7-8(9)6-12-5-4-10(7)13/h1-3,12H,4-6H2. The molecule has 1 aromatic rings. The van der Waals surface area contributed by atoms with E-state index < -0.39 is 0 Å². The topological polar surface area (TPSA) is 29.1 Å². The molecule has 1 heterocycles. The molecule has 0 saturated heterocycles. The maximum atomic E-state index is 13.2. The first-order chi connectivity index (χ1) is 6.29. The van der Waals surface area contributed by atoms with Gasteiger partial charge in [0.2, 0.25) is 0 Å². The van der Waals surface area contributed by atoms with E-state index in [9.17, 15) is 9.18 Å². The molecule has 68 valence electrons. The van der Waals surface area contributed by atoms with Crippen LogP contribution in [0.1, 0.15) is 22.3 Å². The van der Waals surface area contributed by atoms with Crippen LogP contribution in [0, 0.1) is 5.82 Å². The van der Waals surface area contributed by atoms with E-state index in [0.717, 1.165) is 0 Å². The molecule has 1 aliphatic heterocycles. The van der Waals surface area contributed by atoms with Crippen LogP contribution in [0.15, 0.2) is 18.2 Å². The molecule has 1 aromatic carbocycles. The minimum atomic E-state index is -0.291. The summed E-state index contributed by atoms with van der Waals surface area (Å²) in [6.07, 6.45) is 0.455. The molecule has 0 unspecified atom stereocenters. The number of hydrogen-bond donors (Lipinski definition) is 1. The lowest BCUT2D eigenvalue weighted by atomic mass is 10.0. The fraction of sp³-hybridized carbons (Fsp3) is 0.300. The van der Waals surface area contributed by atoms with E-state index in [2.05, 4.69) is 5.32 Å². The molecule has 0 aliphatic carbocycles. The predicted molar refractivity (Wildman–Crippen MR) is 47.1 cm³/mol. The van der Waals surface area contributed by atoms with Crippen molar-refractivity contribution in [1.29, 1.82) is 0 Å². The monoisotopic (exact) mass is 179 g/mol. The molecule has 0 atom stereocenters. The third-order valence-corrected chi connectivity index (χ3v) is 2.25. The summed E-state index contributed by atoms with van der Waals surface area (Å²) >= 11 is 0. The van der Waals surface area contributed by atoms with Gasteiger partial charge in [-0.15, -0.1) is 0 Å². The van der Waals surface area contributed by atoms with E-state index in [1.165, 1.54) is 6.07 Å². The van der Waals surface area contributed by atoms with Crippen molar-refractivity contribution in [3.8, 4) is 0 Å². The van der Waals surface area contributed by atoms with Gasteiger partial charge in [-0.2, -0.15) is 0 Å². The summed E-state index contributed by atoms with van der Waals surface area (Å²) in [5, 5.41) is 3.01. The van der Waals surface area contributed by atoms with E-state index in [4.69, 9.17) is 0 Å². The Kier molecular flexibility index (Phi) is 2.10. The fourth-order valence-electron chi connectivity index (χ4n) is 1.55. The lowest BCUT2D eigenvalue weighted by molar-refractivity contribution is 0.0985. The molecule has 1 N–H and O–H groups in total. The first-order valence-corrected chi connectivity index (χ1v) is 4.30. The highest BCUT2D eigenvalue weighted by Gasteiger charge is 2.17. The molecule has 0 fully saturated rings. The van der Waals surface area contributed by atoms with Crippen LogP contribution in [0.4, 0.5) is 4.39 Å². The lowest BCUT2D eigenvalue weighted by Crippen LogP contribution is -2.13. The minimum absolute atomic E-state index is 0.0273. The van der Waals surface area contributed by atoms with E-state index >= 15 is 0 Å². The quantitative estimate of drug-likeness (QED) is 0.654. The normalized spacial score (nSPS) is 16.5. The minimum Gasteiger partial charge on any atom is -0.312 e. The zero-order valence-electron chi connectivity index (χ0n) is 7.14. The van der Waals surface area contributed by atoms with E-state index in [1.807, 2.05) is 0 Å². The molecule has 3 heteroatoms. The summed E-state index contributed by atoms with van der Waals surface area (Å²) in [5.41, 5.74) is 1.04. The molecular weight excluding hydrogens is 169 g/mol. The van der Waals surface area contributed by atoms with Crippen LogP contribution in [0.2, 0.25) is 0 Å². The van der Waals surface area contributed by atoms with Crippen molar-refractivity contribution >= 4 is 5.78 Å². The Bertz CT molecular complexity index is 349. The molecule has 13 heavy (non-hydrogen) atoms. The summed E-state index contributed by atoms with van der Waals surface area (Å²) in [6.45, 7) is 1.08. The van der Waals surface area contributed by atoms with Gasteiger partial charge in [0.1, 0.15) is 5.82 Å². The molecule has 2 nitrogen and oxygen atoms in total. The average Bonchev–Trinajstić information content (AvgIpc) is 2.30. The van der Waals surface area contributed by atoms with Crippen molar-refractivity contribution in [1.82, 2.24) is 5.32 Å². The van der Waals surface area contributed by atoms with Gasteiger partial charge in [-0.3, -0.25) is 4.79 Å². The number of nitrogens with one attached hydrogen (secondary N) is 1. The van der Waals surface area contributed by atoms with Gasteiger partial charge < -0.3 is 5.32 Å². The van der Waals surface area contributed by atoms with Crippen molar-refractivity contribution < 1.29 is 9.18 Å². The third-order valence-electron chi connectivity index (χ3n) is 2.25. The Morgan fingerprint density at radius 2 is 2.23 bits per heavy atom. The number of fused-ring (bicyclic) bond motifs is 1. The van der Waals surface area contributed by atoms with Crippen LogP contribution in [0.25, 0.3) is 0 Å². The molecule has 1 aliphatic rings. The van der Waals surface area contributed by atoms with Crippen molar-refractivity contribution in [3.63, 3.8) is 0 Å². The van der Waals surface area contributed by atoms with E-state index in [0.29, 0.717) is 30.6 Å². The molecule has 0 bridgehead atoms. The summed E-state index contributed by atoms with van der Waals surface area (Å²) in [5.74, 6) is -0.264.